The lowest BCUT2D eigenvalue weighted by Crippen LogP contribution is -2.45. The molecule has 7 nitrogen and oxygen atoms in total. The minimum Gasteiger partial charge on any atom is -0.270 e. The zero-order valence-electron chi connectivity index (χ0n) is 17.7. The number of rotatable bonds is 6. The van der Waals surface area contributed by atoms with E-state index in [0.29, 0.717) is 10.0 Å². The molecule has 4 rings (SSSR count). The van der Waals surface area contributed by atoms with Crippen LogP contribution in [-0.2, 0) is 9.59 Å². The van der Waals surface area contributed by atoms with Crippen molar-refractivity contribution in [2.75, 3.05) is 20.4 Å². The standard InChI is InChI=1S/C23H17Cl2N3O4S2/c1-26(12-27-20(29)18(33-22(27)31)10-14-2-6-16(24)7-3-14)13-28-21(30)19(34-23(28)32)11-15-4-8-17(25)9-5-15/h2-11H,12-13H2,1H3/b18-10+,19-11+. The van der Waals surface area contributed by atoms with E-state index in [1.165, 1.54) is 0 Å². The second-order valence-electron chi connectivity index (χ2n) is 7.46. The molecule has 174 valence electrons. The molecular formula is C23H17Cl2N3O4S2. The second-order valence-corrected chi connectivity index (χ2v) is 10.3. The fourth-order valence-electron chi connectivity index (χ4n) is 3.19. The Kier molecular flexibility index (Phi) is 7.49. The van der Waals surface area contributed by atoms with Crippen molar-refractivity contribution in [1.29, 1.82) is 0 Å². The summed E-state index contributed by atoms with van der Waals surface area (Å²) in [6.07, 6.45) is 3.25. The maximum Gasteiger partial charge on any atom is 0.294 e. The minimum absolute atomic E-state index is 0.0689. The van der Waals surface area contributed by atoms with Crippen LogP contribution in [0.4, 0.5) is 9.59 Å². The van der Waals surface area contributed by atoms with Gasteiger partial charge in [-0.05, 0) is 78.1 Å². The van der Waals surface area contributed by atoms with Gasteiger partial charge < -0.3 is 0 Å². The van der Waals surface area contributed by atoms with Crippen LogP contribution >= 0.6 is 46.7 Å². The van der Waals surface area contributed by atoms with Gasteiger partial charge in [0.15, 0.2) is 0 Å². The molecule has 0 N–H and O–H groups in total. The molecule has 2 aromatic rings. The zero-order chi connectivity index (χ0) is 24.4. The molecule has 2 saturated heterocycles. The molecule has 2 fully saturated rings. The minimum atomic E-state index is -0.437. The quantitative estimate of drug-likeness (QED) is 0.446. The molecule has 0 aromatic heterocycles. The van der Waals surface area contributed by atoms with Gasteiger partial charge in [-0.1, -0.05) is 47.5 Å². The van der Waals surface area contributed by atoms with Gasteiger partial charge in [-0.2, -0.15) is 0 Å². The highest BCUT2D eigenvalue weighted by atomic mass is 35.5. The number of carbonyl (C=O) groups excluding carboxylic acids is 4. The maximum absolute atomic E-state index is 12.8. The van der Waals surface area contributed by atoms with Gasteiger partial charge in [-0.15, -0.1) is 0 Å². The third-order valence-corrected chi connectivity index (χ3v) is 7.17. The van der Waals surface area contributed by atoms with E-state index in [1.807, 2.05) is 0 Å². The van der Waals surface area contributed by atoms with Gasteiger partial charge >= 0.3 is 0 Å². The van der Waals surface area contributed by atoms with Crippen molar-refractivity contribution in [1.82, 2.24) is 14.7 Å². The highest BCUT2D eigenvalue weighted by Gasteiger charge is 2.38. The summed E-state index contributed by atoms with van der Waals surface area (Å²) in [6.45, 7) is -0.138. The Morgan fingerprint density at radius 1 is 0.706 bits per heavy atom. The van der Waals surface area contributed by atoms with Crippen LogP contribution < -0.4 is 0 Å². The van der Waals surface area contributed by atoms with Gasteiger partial charge in [0, 0.05) is 10.0 Å². The van der Waals surface area contributed by atoms with Crippen LogP contribution in [0.1, 0.15) is 11.1 Å². The van der Waals surface area contributed by atoms with Gasteiger partial charge in [-0.3, -0.25) is 33.9 Å². The van der Waals surface area contributed by atoms with E-state index in [2.05, 4.69) is 0 Å². The Morgan fingerprint density at radius 2 is 1.06 bits per heavy atom. The number of carbonyl (C=O) groups is 4. The van der Waals surface area contributed by atoms with E-state index in [-0.39, 0.29) is 23.1 Å². The first-order valence-electron chi connectivity index (χ1n) is 9.91. The summed E-state index contributed by atoms with van der Waals surface area (Å²) >= 11 is 13.4. The van der Waals surface area contributed by atoms with Crippen molar-refractivity contribution in [3.8, 4) is 0 Å². The van der Waals surface area contributed by atoms with Crippen molar-refractivity contribution < 1.29 is 19.2 Å². The van der Waals surface area contributed by atoms with Crippen molar-refractivity contribution in [3.05, 3.63) is 79.5 Å². The van der Waals surface area contributed by atoms with E-state index in [0.717, 1.165) is 44.5 Å². The first kappa shape index (κ1) is 24.6. The number of imide groups is 2. The fourth-order valence-corrected chi connectivity index (χ4v) is 5.11. The van der Waals surface area contributed by atoms with Crippen LogP contribution in [0.3, 0.4) is 0 Å². The van der Waals surface area contributed by atoms with Crippen LogP contribution in [-0.4, -0.2) is 57.4 Å². The highest BCUT2D eigenvalue weighted by Crippen LogP contribution is 2.34. The molecule has 2 heterocycles. The lowest BCUT2D eigenvalue weighted by Gasteiger charge is -2.25. The summed E-state index contributed by atoms with van der Waals surface area (Å²) < 4.78 is 0. The summed E-state index contributed by atoms with van der Waals surface area (Å²) in [4.78, 5) is 54.7. The van der Waals surface area contributed by atoms with Crippen LogP contribution in [0.15, 0.2) is 58.3 Å². The van der Waals surface area contributed by atoms with E-state index in [4.69, 9.17) is 23.2 Å². The Bertz CT molecular complexity index is 1130. The molecule has 0 unspecified atom stereocenters. The van der Waals surface area contributed by atoms with E-state index < -0.39 is 22.3 Å². The lowest BCUT2D eigenvalue weighted by molar-refractivity contribution is -0.125. The topological polar surface area (TPSA) is 78.0 Å². The predicted molar refractivity (Wildman–Crippen MR) is 136 cm³/mol. The first-order chi connectivity index (χ1) is 16.2. The summed E-state index contributed by atoms with van der Waals surface area (Å²) in [6, 6.07) is 13.8. The maximum atomic E-state index is 12.8. The van der Waals surface area contributed by atoms with Gasteiger partial charge in [-0.25, -0.2) is 0 Å². The summed E-state index contributed by atoms with van der Waals surface area (Å²) in [5.74, 6) is -0.873. The molecule has 4 amide bonds. The molecule has 0 spiro atoms. The molecule has 11 heteroatoms. The Morgan fingerprint density at radius 3 is 1.41 bits per heavy atom. The van der Waals surface area contributed by atoms with Gasteiger partial charge in [0.1, 0.15) is 0 Å². The van der Waals surface area contributed by atoms with Gasteiger partial charge in [0.2, 0.25) is 0 Å². The van der Waals surface area contributed by atoms with Crippen LogP contribution in [0, 0.1) is 0 Å². The average molecular weight is 534 g/mol. The number of halogens is 2. The second kappa shape index (κ2) is 10.4. The third kappa shape index (κ3) is 5.56. The average Bonchev–Trinajstić information content (AvgIpc) is 3.21. The molecule has 0 radical (unpaired) electrons. The smallest absolute Gasteiger partial charge is 0.270 e. The van der Waals surface area contributed by atoms with Crippen molar-refractivity contribution >= 4 is 81.2 Å². The van der Waals surface area contributed by atoms with Crippen LogP contribution in [0.5, 0.6) is 0 Å². The lowest BCUT2D eigenvalue weighted by atomic mass is 10.2. The molecule has 2 aliphatic rings. The SMILES string of the molecule is CN(CN1C(=O)S/C(=C/c2ccc(Cl)cc2)C1=O)CN1C(=O)S/C(=C/c2ccc(Cl)cc2)C1=O. The zero-order valence-corrected chi connectivity index (χ0v) is 20.9. The molecule has 2 aromatic carbocycles. The molecule has 2 aliphatic heterocycles. The van der Waals surface area contributed by atoms with E-state index >= 15 is 0 Å². The summed E-state index contributed by atoms with van der Waals surface area (Å²) in [5.41, 5.74) is 1.49. The monoisotopic (exact) mass is 533 g/mol. The number of thioether (sulfide) groups is 2. The van der Waals surface area contributed by atoms with Crippen molar-refractivity contribution in [2.24, 2.45) is 0 Å². The number of hydrogen-bond acceptors (Lipinski definition) is 7. The largest absolute Gasteiger partial charge is 0.294 e. The Balaban J connectivity index is 1.40. The van der Waals surface area contributed by atoms with Gasteiger partial charge in [0.05, 0.1) is 23.1 Å². The predicted octanol–water partition coefficient (Wildman–Crippen LogP) is 5.61. The molecule has 0 atom stereocenters. The van der Waals surface area contributed by atoms with Crippen LogP contribution in [0.25, 0.3) is 12.2 Å². The Labute approximate surface area is 214 Å². The molecule has 0 bridgehead atoms. The van der Waals surface area contributed by atoms with Gasteiger partial charge in [0.25, 0.3) is 22.3 Å². The molecule has 0 aliphatic carbocycles. The van der Waals surface area contributed by atoms with E-state index in [1.54, 1.807) is 72.6 Å². The molecule has 34 heavy (non-hydrogen) atoms. The fraction of sp³-hybridized carbons (Fsp3) is 0.130. The molecular weight excluding hydrogens is 517 g/mol. The highest BCUT2D eigenvalue weighted by molar-refractivity contribution is 8.18. The number of amides is 4. The first-order valence-corrected chi connectivity index (χ1v) is 12.3. The third-order valence-electron chi connectivity index (χ3n) is 4.85. The summed E-state index contributed by atoms with van der Waals surface area (Å²) in [7, 11) is 1.62. The summed E-state index contributed by atoms with van der Waals surface area (Å²) in [5, 5.41) is 0.298. The normalized spacial score (nSPS) is 18.9. The van der Waals surface area contributed by atoms with Crippen molar-refractivity contribution in [2.45, 2.75) is 0 Å². The molecule has 0 saturated carbocycles. The number of benzene rings is 2. The van der Waals surface area contributed by atoms with E-state index in [9.17, 15) is 19.2 Å². The number of nitrogens with zero attached hydrogens (tertiary/aromatic N) is 3. The number of hydrogen-bond donors (Lipinski definition) is 0. The van der Waals surface area contributed by atoms with Crippen LogP contribution in [0.2, 0.25) is 10.0 Å². The Hall–Kier alpha value is -2.56. The van der Waals surface area contributed by atoms with Crippen molar-refractivity contribution in [3.63, 3.8) is 0 Å².